The van der Waals surface area contributed by atoms with Crippen molar-refractivity contribution in [2.75, 3.05) is 27.2 Å². The van der Waals surface area contributed by atoms with Crippen LogP contribution in [0.1, 0.15) is 34.1 Å². The van der Waals surface area contributed by atoms with Gasteiger partial charge in [0, 0.05) is 19.1 Å². The van der Waals surface area contributed by atoms with E-state index in [0.717, 1.165) is 19.5 Å². The summed E-state index contributed by atoms with van der Waals surface area (Å²) in [5.41, 5.74) is 6.14. The largest absolute Gasteiger partial charge is 0.341 e. The van der Waals surface area contributed by atoms with E-state index in [2.05, 4.69) is 27.7 Å². The summed E-state index contributed by atoms with van der Waals surface area (Å²) in [6, 6.07) is 0.161. The van der Waals surface area contributed by atoms with E-state index in [4.69, 9.17) is 5.73 Å². The van der Waals surface area contributed by atoms with Crippen LogP contribution in [-0.2, 0) is 4.79 Å². The molecule has 1 rings (SSSR count). The smallest absolute Gasteiger partial charge is 0.240 e. The van der Waals surface area contributed by atoms with Gasteiger partial charge in [0.1, 0.15) is 0 Å². The van der Waals surface area contributed by atoms with Gasteiger partial charge in [-0.1, -0.05) is 27.7 Å². The third-order valence-electron chi connectivity index (χ3n) is 4.06. The number of carbonyl (C=O) groups is 1. The highest BCUT2D eigenvalue weighted by molar-refractivity contribution is 5.85. The Bertz CT molecular complexity index is 301. The first-order valence-corrected chi connectivity index (χ1v) is 6.87. The molecule has 2 atom stereocenters. The maximum Gasteiger partial charge on any atom is 0.240 e. The molecule has 0 bridgehead atoms. The fraction of sp³-hybridized carbons (Fsp3) is 0.929. The van der Waals surface area contributed by atoms with E-state index < -0.39 is 0 Å². The van der Waals surface area contributed by atoms with E-state index in [0.29, 0.717) is 5.92 Å². The molecule has 0 spiro atoms. The number of hydrogen-bond acceptors (Lipinski definition) is 3. The Morgan fingerprint density at radius 3 is 2.15 bits per heavy atom. The zero-order valence-corrected chi connectivity index (χ0v) is 15.2. The van der Waals surface area contributed by atoms with Crippen molar-refractivity contribution in [1.82, 2.24) is 9.80 Å². The lowest BCUT2D eigenvalue weighted by Gasteiger charge is -2.44. The number of likely N-dealkylation sites (N-methyl/N-ethyl adjacent to an activating group) is 1. The highest BCUT2D eigenvalue weighted by atomic mass is 35.5. The molecule has 2 N–H and O–H groups in total. The van der Waals surface area contributed by atoms with Crippen molar-refractivity contribution in [2.45, 2.75) is 46.2 Å². The third kappa shape index (κ3) is 5.06. The molecule has 1 heterocycles. The van der Waals surface area contributed by atoms with Gasteiger partial charge >= 0.3 is 0 Å². The Hall–Kier alpha value is -0.0300. The van der Waals surface area contributed by atoms with Gasteiger partial charge in [-0.3, -0.25) is 9.69 Å². The molecule has 0 aromatic carbocycles. The van der Waals surface area contributed by atoms with Crippen LogP contribution in [0.15, 0.2) is 0 Å². The third-order valence-corrected chi connectivity index (χ3v) is 4.06. The highest BCUT2D eigenvalue weighted by Crippen LogP contribution is 2.28. The molecule has 1 amide bonds. The zero-order chi connectivity index (χ0) is 14.1. The average molecular weight is 328 g/mol. The fourth-order valence-corrected chi connectivity index (χ4v) is 2.85. The van der Waals surface area contributed by atoms with Crippen molar-refractivity contribution in [3.05, 3.63) is 0 Å². The summed E-state index contributed by atoms with van der Waals surface area (Å²) in [7, 11) is 3.95. The monoisotopic (exact) mass is 327 g/mol. The number of carbonyl (C=O) groups excluding carboxylic acids is 1. The van der Waals surface area contributed by atoms with Crippen LogP contribution in [0.2, 0.25) is 0 Å². The lowest BCUT2D eigenvalue weighted by atomic mass is 9.79. The van der Waals surface area contributed by atoms with E-state index in [1.165, 1.54) is 0 Å². The first-order chi connectivity index (χ1) is 8.16. The minimum absolute atomic E-state index is 0. The normalized spacial score (nSPS) is 23.1. The summed E-state index contributed by atoms with van der Waals surface area (Å²) in [4.78, 5) is 16.6. The van der Waals surface area contributed by atoms with Crippen LogP contribution in [0.4, 0.5) is 0 Å². The van der Waals surface area contributed by atoms with E-state index in [1.54, 1.807) is 0 Å². The second kappa shape index (κ2) is 8.42. The van der Waals surface area contributed by atoms with E-state index in [9.17, 15) is 4.79 Å². The first-order valence-electron chi connectivity index (χ1n) is 6.87. The number of rotatable bonds is 3. The van der Waals surface area contributed by atoms with Gasteiger partial charge in [-0.15, -0.1) is 24.8 Å². The SMILES string of the molecule is CC(C)C(C(=O)N1CCC(N)C(C)(C)C1)N(C)C.Cl.Cl. The summed E-state index contributed by atoms with van der Waals surface area (Å²) in [5.74, 6) is 0.571. The predicted octanol–water partition coefficient (Wildman–Crippen LogP) is 2.00. The Labute approximate surface area is 136 Å². The van der Waals surface area contributed by atoms with Crippen molar-refractivity contribution >= 4 is 30.7 Å². The first kappa shape index (κ1) is 22.3. The van der Waals surface area contributed by atoms with Gasteiger partial charge in [-0.2, -0.15) is 0 Å². The summed E-state index contributed by atoms with van der Waals surface area (Å²) in [6.07, 6.45) is 0.900. The van der Waals surface area contributed by atoms with Gasteiger partial charge in [-0.25, -0.2) is 0 Å². The van der Waals surface area contributed by atoms with E-state index in [1.807, 2.05) is 23.9 Å². The van der Waals surface area contributed by atoms with Crippen molar-refractivity contribution < 1.29 is 4.79 Å². The highest BCUT2D eigenvalue weighted by Gasteiger charge is 2.38. The maximum atomic E-state index is 12.6. The molecular formula is C14H31Cl2N3O. The molecular weight excluding hydrogens is 297 g/mol. The van der Waals surface area contributed by atoms with Crippen molar-refractivity contribution in [2.24, 2.45) is 17.1 Å². The summed E-state index contributed by atoms with van der Waals surface area (Å²) >= 11 is 0. The molecule has 0 aromatic heterocycles. The second-order valence-electron chi connectivity index (χ2n) is 6.80. The number of nitrogens with zero attached hydrogens (tertiary/aromatic N) is 2. The molecule has 20 heavy (non-hydrogen) atoms. The molecule has 0 aromatic rings. The van der Waals surface area contributed by atoms with Crippen LogP contribution >= 0.6 is 24.8 Å². The minimum atomic E-state index is -0.0323. The summed E-state index contributed by atoms with van der Waals surface area (Å²) in [6.45, 7) is 10.1. The van der Waals surface area contributed by atoms with E-state index in [-0.39, 0.29) is 48.2 Å². The van der Waals surface area contributed by atoms with Crippen LogP contribution in [0.5, 0.6) is 0 Å². The van der Waals surface area contributed by atoms with Crippen LogP contribution in [0.3, 0.4) is 0 Å². The molecule has 0 aliphatic carbocycles. The van der Waals surface area contributed by atoms with Crippen LogP contribution in [0.25, 0.3) is 0 Å². The van der Waals surface area contributed by atoms with Crippen LogP contribution in [0, 0.1) is 11.3 Å². The molecule has 1 saturated heterocycles. The average Bonchev–Trinajstić information content (AvgIpc) is 2.20. The molecule has 0 radical (unpaired) electrons. The summed E-state index contributed by atoms with van der Waals surface area (Å²) < 4.78 is 0. The Balaban J connectivity index is 0. The maximum absolute atomic E-state index is 12.6. The molecule has 4 nitrogen and oxygen atoms in total. The van der Waals surface area contributed by atoms with Crippen molar-refractivity contribution in [1.29, 1.82) is 0 Å². The lowest BCUT2D eigenvalue weighted by Crippen LogP contribution is -2.58. The second-order valence-corrected chi connectivity index (χ2v) is 6.80. The molecule has 122 valence electrons. The standard InChI is InChI=1S/C14H29N3O.2ClH/c1-10(2)12(16(5)6)13(18)17-8-7-11(15)14(3,4)9-17;;/h10-12H,7-9,15H2,1-6H3;2*1H. The lowest BCUT2D eigenvalue weighted by molar-refractivity contribution is -0.141. The number of hydrogen-bond donors (Lipinski definition) is 1. The topological polar surface area (TPSA) is 49.6 Å². The predicted molar refractivity (Wildman–Crippen MR) is 89.8 cm³/mol. The van der Waals surface area contributed by atoms with E-state index >= 15 is 0 Å². The molecule has 1 aliphatic heterocycles. The number of nitrogens with two attached hydrogens (primary N) is 1. The van der Waals surface area contributed by atoms with Gasteiger partial charge in [0.2, 0.25) is 5.91 Å². The van der Waals surface area contributed by atoms with Gasteiger partial charge in [0.25, 0.3) is 0 Å². The van der Waals surface area contributed by atoms with Crippen molar-refractivity contribution in [3.63, 3.8) is 0 Å². The number of halogens is 2. The number of likely N-dealkylation sites (tertiary alicyclic amines) is 1. The molecule has 1 aliphatic rings. The van der Waals surface area contributed by atoms with Crippen LogP contribution < -0.4 is 5.73 Å². The quantitative estimate of drug-likeness (QED) is 0.862. The zero-order valence-electron chi connectivity index (χ0n) is 13.5. The number of piperidine rings is 1. The molecule has 6 heteroatoms. The van der Waals surface area contributed by atoms with Gasteiger partial charge in [0.05, 0.1) is 6.04 Å². The van der Waals surface area contributed by atoms with Gasteiger partial charge in [0.15, 0.2) is 0 Å². The van der Waals surface area contributed by atoms with Gasteiger partial charge < -0.3 is 10.6 Å². The van der Waals surface area contributed by atoms with Gasteiger partial charge in [-0.05, 0) is 31.8 Å². The Morgan fingerprint density at radius 2 is 1.80 bits per heavy atom. The minimum Gasteiger partial charge on any atom is -0.341 e. The van der Waals surface area contributed by atoms with Crippen LogP contribution in [-0.4, -0.2) is 55.0 Å². The Morgan fingerprint density at radius 1 is 1.30 bits per heavy atom. The molecule has 2 unspecified atom stereocenters. The fourth-order valence-electron chi connectivity index (χ4n) is 2.85. The summed E-state index contributed by atoms with van der Waals surface area (Å²) in [5, 5.41) is 0. The molecule has 1 fully saturated rings. The Kier molecular flexibility index (Phi) is 9.37. The molecule has 0 saturated carbocycles. The van der Waals surface area contributed by atoms with Crippen molar-refractivity contribution in [3.8, 4) is 0 Å². The number of amides is 1.